The van der Waals surface area contributed by atoms with Gasteiger partial charge in [-0.25, -0.2) is 9.97 Å². The normalized spacial score (nSPS) is 10.7. The molecular weight excluding hydrogens is 270 g/mol. The highest BCUT2D eigenvalue weighted by atomic mass is 16.5. The second-order valence-corrected chi connectivity index (χ2v) is 4.46. The monoisotopic (exact) mass is 283 g/mol. The molecule has 1 N–H and O–H groups in total. The van der Waals surface area contributed by atoms with Crippen molar-refractivity contribution >= 4 is 17.1 Å². The van der Waals surface area contributed by atoms with Crippen LogP contribution in [0.5, 0.6) is 5.75 Å². The fourth-order valence-corrected chi connectivity index (χ4v) is 2.08. The van der Waals surface area contributed by atoms with Gasteiger partial charge in [0, 0.05) is 6.20 Å². The van der Waals surface area contributed by atoms with Crippen LogP contribution in [0.2, 0.25) is 0 Å². The fraction of sp³-hybridized carbons (Fsp3) is 0.133. The minimum atomic E-state index is -0.944. The molecule has 0 aliphatic heterocycles. The number of hydrogen-bond donors (Lipinski definition) is 1. The van der Waals surface area contributed by atoms with Crippen molar-refractivity contribution in [2.45, 2.75) is 13.2 Å². The zero-order valence-electron chi connectivity index (χ0n) is 11.1. The summed E-state index contributed by atoms with van der Waals surface area (Å²) in [4.78, 5) is 19.6. The van der Waals surface area contributed by atoms with Crippen molar-refractivity contribution in [3.8, 4) is 5.75 Å². The molecule has 0 bridgehead atoms. The van der Waals surface area contributed by atoms with E-state index in [1.165, 1.54) is 0 Å². The Balaban J connectivity index is 1.91. The van der Waals surface area contributed by atoms with Gasteiger partial charge in [-0.05, 0) is 24.3 Å². The van der Waals surface area contributed by atoms with Crippen LogP contribution < -0.4 is 4.74 Å². The summed E-state index contributed by atoms with van der Waals surface area (Å²) >= 11 is 0. The van der Waals surface area contributed by atoms with E-state index in [1.807, 2.05) is 30.3 Å². The molecule has 0 spiro atoms. The number of aliphatic carboxylic acids is 1. The lowest BCUT2D eigenvalue weighted by Gasteiger charge is -2.07. The van der Waals surface area contributed by atoms with Gasteiger partial charge >= 0.3 is 5.97 Å². The molecule has 0 aliphatic carbocycles. The third-order valence-corrected chi connectivity index (χ3v) is 2.99. The maximum atomic E-state index is 11.0. The minimum absolute atomic E-state index is 0.188. The summed E-state index contributed by atoms with van der Waals surface area (Å²) in [5.41, 5.74) is 1.21. The smallest absolute Gasteiger partial charge is 0.323 e. The van der Waals surface area contributed by atoms with Crippen molar-refractivity contribution in [1.82, 2.24) is 14.5 Å². The lowest BCUT2D eigenvalue weighted by atomic mass is 10.3. The number of nitrogens with zero attached hydrogens (tertiary/aromatic N) is 3. The van der Waals surface area contributed by atoms with Crippen molar-refractivity contribution in [3.63, 3.8) is 0 Å². The highest BCUT2D eigenvalue weighted by Gasteiger charge is 2.14. The number of hydrogen-bond acceptors (Lipinski definition) is 4. The molecule has 0 unspecified atom stereocenters. The van der Waals surface area contributed by atoms with E-state index in [-0.39, 0.29) is 13.2 Å². The van der Waals surface area contributed by atoms with Crippen LogP contribution >= 0.6 is 0 Å². The Bertz CT molecular complexity index is 768. The van der Waals surface area contributed by atoms with Crippen molar-refractivity contribution < 1.29 is 14.6 Å². The average molecular weight is 283 g/mol. The second-order valence-electron chi connectivity index (χ2n) is 4.46. The van der Waals surface area contributed by atoms with Crippen molar-refractivity contribution in [2.24, 2.45) is 0 Å². The van der Waals surface area contributed by atoms with E-state index in [2.05, 4.69) is 9.97 Å². The Morgan fingerprint density at radius 1 is 1.19 bits per heavy atom. The van der Waals surface area contributed by atoms with E-state index in [4.69, 9.17) is 9.84 Å². The number of benzene rings is 1. The van der Waals surface area contributed by atoms with Crippen LogP contribution in [0.15, 0.2) is 48.7 Å². The van der Waals surface area contributed by atoms with Gasteiger partial charge in [0.25, 0.3) is 0 Å². The van der Waals surface area contributed by atoms with Gasteiger partial charge in [-0.15, -0.1) is 0 Å². The van der Waals surface area contributed by atoms with Crippen molar-refractivity contribution in [2.75, 3.05) is 0 Å². The Hall–Kier alpha value is -2.89. The Morgan fingerprint density at radius 3 is 2.76 bits per heavy atom. The van der Waals surface area contributed by atoms with Crippen LogP contribution in [0.1, 0.15) is 5.82 Å². The van der Waals surface area contributed by atoms with E-state index >= 15 is 0 Å². The first-order chi connectivity index (χ1) is 10.2. The number of ether oxygens (including phenoxy) is 1. The first-order valence-corrected chi connectivity index (χ1v) is 6.44. The molecule has 0 atom stereocenters. The zero-order chi connectivity index (χ0) is 14.7. The number of pyridine rings is 1. The van der Waals surface area contributed by atoms with Crippen LogP contribution in [0, 0.1) is 0 Å². The number of rotatable bonds is 5. The van der Waals surface area contributed by atoms with Gasteiger partial charge in [0.1, 0.15) is 30.2 Å². The lowest BCUT2D eigenvalue weighted by molar-refractivity contribution is -0.137. The number of fused-ring (bicyclic) bond motifs is 1. The number of aromatic nitrogens is 3. The van der Waals surface area contributed by atoms with Gasteiger partial charge in [-0.3, -0.25) is 9.36 Å². The molecule has 2 heterocycles. The second kappa shape index (κ2) is 5.62. The molecule has 6 heteroatoms. The molecule has 1 aromatic carbocycles. The Kier molecular flexibility index (Phi) is 3.51. The predicted octanol–water partition coefficient (Wildman–Crippen LogP) is 2.09. The topological polar surface area (TPSA) is 77.2 Å². The fourth-order valence-electron chi connectivity index (χ4n) is 2.08. The minimum Gasteiger partial charge on any atom is -0.486 e. The van der Waals surface area contributed by atoms with E-state index in [0.29, 0.717) is 22.7 Å². The molecule has 0 aliphatic rings. The van der Waals surface area contributed by atoms with Gasteiger partial charge in [-0.1, -0.05) is 18.2 Å². The molecule has 2 aromatic heterocycles. The standard InChI is InChI=1S/C15H13N3O3/c19-14(20)9-18-13(10-21-11-5-2-1-3-6-11)17-12-7-4-8-16-15(12)18/h1-8H,9-10H2,(H,19,20). The van der Waals surface area contributed by atoms with E-state index < -0.39 is 5.97 Å². The zero-order valence-corrected chi connectivity index (χ0v) is 11.1. The van der Waals surface area contributed by atoms with E-state index in [0.717, 1.165) is 0 Å². The van der Waals surface area contributed by atoms with Crippen LogP contribution in [-0.2, 0) is 17.9 Å². The van der Waals surface area contributed by atoms with Crippen molar-refractivity contribution in [1.29, 1.82) is 0 Å². The molecule has 21 heavy (non-hydrogen) atoms. The van der Waals surface area contributed by atoms with Gasteiger partial charge < -0.3 is 9.84 Å². The van der Waals surface area contributed by atoms with E-state index in [1.54, 1.807) is 22.9 Å². The predicted molar refractivity (Wildman–Crippen MR) is 75.9 cm³/mol. The molecular formula is C15H13N3O3. The summed E-state index contributed by atoms with van der Waals surface area (Å²) in [7, 11) is 0. The molecule has 3 aromatic rings. The van der Waals surface area contributed by atoms with E-state index in [9.17, 15) is 4.79 Å². The van der Waals surface area contributed by atoms with Gasteiger partial charge in [0.05, 0.1) is 0 Å². The maximum Gasteiger partial charge on any atom is 0.323 e. The number of carboxylic acids is 1. The number of para-hydroxylation sites is 1. The first kappa shape index (κ1) is 13.1. The third kappa shape index (κ3) is 2.84. The Labute approximate surface area is 120 Å². The Morgan fingerprint density at radius 2 is 2.00 bits per heavy atom. The van der Waals surface area contributed by atoms with Gasteiger partial charge in [0.2, 0.25) is 0 Å². The maximum absolute atomic E-state index is 11.0. The summed E-state index contributed by atoms with van der Waals surface area (Å²) in [6.07, 6.45) is 1.62. The van der Waals surface area contributed by atoms with Gasteiger partial charge in [0.15, 0.2) is 5.65 Å². The number of carboxylic acid groups (broad SMARTS) is 1. The van der Waals surface area contributed by atoms with Crippen LogP contribution in [-0.4, -0.2) is 25.6 Å². The molecule has 106 valence electrons. The third-order valence-electron chi connectivity index (χ3n) is 2.99. The van der Waals surface area contributed by atoms with Crippen LogP contribution in [0.4, 0.5) is 0 Å². The van der Waals surface area contributed by atoms with Crippen LogP contribution in [0.3, 0.4) is 0 Å². The molecule has 0 fully saturated rings. The average Bonchev–Trinajstić information content (AvgIpc) is 2.84. The molecule has 0 radical (unpaired) electrons. The summed E-state index contributed by atoms with van der Waals surface area (Å²) < 4.78 is 7.20. The lowest BCUT2D eigenvalue weighted by Crippen LogP contribution is -2.14. The molecule has 0 saturated carbocycles. The summed E-state index contributed by atoms with van der Waals surface area (Å²) in [6.45, 7) is -0.00531. The summed E-state index contributed by atoms with van der Waals surface area (Å²) in [5, 5.41) is 9.04. The first-order valence-electron chi connectivity index (χ1n) is 6.44. The highest BCUT2D eigenvalue weighted by molar-refractivity contribution is 5.74. The van der Waals surface area contributed by atoms with Crippen molar-refractivity contribution in [3.05, 3.63) is 54.5 Å². The quantitative estimate of drug-likeness (QED) is 0.775. The largest absolute Gasteiger partial charge is 0.486 e. The van der Waals surface area contributed by atoms with Crippen LogP contribution in [0.25, 0.3) is 11.2 Å². The SMILES string of the molecule is O=C(O)Cn1c(COc2ccccc2)nc2cccnc21. The summed E-state index contributed by atoms with van der Waals surface area (Å²) in [6, 6.07) is 12.9. The molecule has 6 nitrogen and oxygen atoms in total. The molecule has 0 amide bonds. The molecule has 0 saturated heterocycles. The number of imidazole rings is 1. The highest BCUT2D eigenvalue weighted by Crippen LogP contribution is 2.16. The molecule has 3 rings (SSSR count). The number of carbonyl (C=O) groups is 1. The van der Waals surface area contributed by atoms with Gasteiger partial charge in [-0.2, -0.15) is 0 Å². The summed E-state index contributed by atoms with van der Waals surface area (Å²) in [5.74, 6) is 0.301.